The van der Waals surface area contributed by atoms with Crippen LogP contribution >= 0.6 is 34.7 Å². The number of benzene rings is 1. The zero-order valence-corrected chi connectivity index (χ0v) is 17.5. The average Bonchev–Trinajstić information content (AvgIpc) is 3.33. The van der Waals surface area contributed by atoms with Crippen LogP contribution in [0.25, 0.3) is 16.9 Å². The van der Waals surface area contributed by atoms with Gasteiger partial charge in [0.1, 0.15) is 5.82 Å². The molecule has 1 amide bonds. The molecule has 4 aromatic rings. The first-order chi connectivity index (χ1) is 14.7. The Morgan fingerprint density at radius 3 is 2.68 bits per heavy atom. The van der Waals surface area contributed by atoms with Crippen LogP contribution in [0.3, 0.4) is 0 Å². The van der Waals surface area contributed by atoms with E-state index in [4.69, 9.17) is 11.6 Å². The maximum Gasteiger partial charge on any atom is 0.417 e. The van der Waals surface area contributed by atoms with Crippen LogP contribution in [0, 0.1) is 5.82 Å². The lowest BCUT2D eigenvalue weighted by atomic mass is 10.2. The second-order valence-corrected chi connectivity index (χ2v) is 8.34. The second-order valence-electron chi connectivity index (χ2n) is 6.13. The lowest BCUT2D eigenvalue weighted by Crippen LogP contribution is -2.14. The molecule has 0 spiro atoms. The summed E-state index contributed by atoms with van der Waals surface area (Å²) in [7, 11) is 0. The van der Waals surface area contributed by atoms with E-state index < -0.39 is 17.6 Å². The van der Waals surface area contributed by atoms with Crippen LogP contribution < -0.4 is 5.32 Å². The number of thioether (sulfide) groups is 1. The summed E-state index contributed by atoms with van der Waals surface area (Å²) >= 11 is 7.96. The van der Waals surface area contributed by atoms with Crippen LogP contribution in [0.2, 0.25) is 5.02 Å². The molecule has 3 aromatic heterocycles. The molecule has 0 saturated carbocycles. The molecule has 1 aromatic carbocycles. The van der Waals surface area contributed by atoms with Gasteiger partial charge in [0.15, 0.2) is 15.9 Å². The first kappa shape index (κ1) is 21.5. The van der Waals surface area contributed by atoms with E-state index >= 15 is 0 Å². The highest BCUT2D eigenvalue weighted by Crippen LogP contribution is 2.33. The van der Waals surface area contributed by atoms with Gasteiger partial charge < -0.3 is 5.32 Å². The van der Waals surface area contributed by atoms with E-state index in [0.717, 1.165) is 28.4 Å². The normalized spacial score (nSPS) is 11.8. The first-order valence-corrected chi connectivity index (χ1v) is 10.7. The van der Waals surface area contributed by atoms with Gasteiger partial charge in [0.2, 0.25) is 5.91 Å². The highest BCUT2D eigenvalue weighted by atomic mass is 35.5. The number of carbonyl (C=O) groups excluding carboxylic acids is 1. The van der Waals surface area contributed by atoms with Gasteiger partial charge in [-0.25, -0.2) is 9.37 Å². The number of pyridine rings is 1. The summed E-state index contributed by atoms with van der Waals surface area (Å²) in [5.41, 5.74) is 0.374. The largest absolute Gasteiger partial charge is 0.417 e. The zero-order chi connectivity index (χ0) is 22.2. The Kier molecular flexibility index (Phi) is 5.86. The minimum Gasteiger partial charge on any atom is -0.301 e. The average molecular weight is 488 g/mol. The fraction of sp³-hybridized carbons (Fsp3) is 0.111. The van der Waals surface area contributed by atoms with Crippen molar-refractivity contribution in [3.63, 3.8) is 0 Å². The number of fused-ring (bicyclic) bond motifs is 1. The molecule has 0 aliphatic rings. The van der Waals surface area contributed by atoms with Crippen LogP contribution in [0.15, 0.2) is 47.1 Å². The molecule has 3 heterocycles. The van der Waals surface area contributed by atoms with E-state index in [-0.39, 0.29) is 27.4 Å². The Balaban J connectivity index is 1.44. The number of nitrogens with one attached hydrogen (secondary N) is 1. The van der Waals surface area contributed by atoms with Gasteiger partial charge in [-0.2, -0.15) is 13.2 Å². The van der Waals surface area contributed by atoms with Crippen molar-refractivity contribution in [2.75, 3.05) is 11.1 Å². The van der Waals surface area contributed by atoms with Gasteiger partial charge in [-0.1, -0.05) is 23.4 Å². The van der Waals surface area contributed by atoms with Gasteiger partial charge in [-0.15, -0.1) is 21.5 Å². The fourth-order valence-electron chi connectivity index (χ4n) is 2.56. The third kappa shape index (κ3) is 4.81. The predicted octanol–water partition coefficient (Wildman–Crippen LogP) is 5.39. The smallest absolute Gasteiger partial charge is 0.301 e. The Labute approximate surface area is 185 Å². The summed E-state index contributed by atoms with van der Waals surface area (Å²) in [5.74, 6) is -0.936. The van der Waals surface area contributed by atoms with Crippen molar-refractivity contribution in [1.29, 1.82) is 0 Å². The highest BCUT2D eigenvalue weighted by molar-refractivity contribution is 7.99. The number of alkyl halides is 3. The molecule has 0 bridgehead atoms. The molecule has 4 rings (SSSR count). The molecule has 0 atom stereocenters. The first-order valence-electron chi connectivity index (χ1n) is 8.46. The molecule has 13 heteroatoms. The van der Waals surface area contributed by atoms with Gasteiger partial charge in [0.05, 0.1) is 22.0 Å². The molecule has 0 saturated heterocycles. The molecule has 1 N–H and O–H groups in total. The minimum absolute atomic E-state index is 0.0569. The lowest BCUT2D eigenvalue weighted by Gasteiger charge is -2.08. The molecule has 6 nitrogen and oxygen atoms in total. The number of amides is 1. The third-order valence-electron chi connectivity index (χ3n) is 3.98. The molecular formula is C18H10ClF4N5OS2. The summed E-state index contributed by atoms with van der Waals surface area (Å²) in [4.78, 5) is 16.5. The zero-order valence-electron chi connectivity index (χ0n) is 15.2. The number of hydrogen-bond acceptors (Lipinski definition) is 6. The molecular weight excluding hydrogens is 478 g/mol. The second kappa shape index (κ2) is 8.44. The quantitative estimate of drug-likeness (QED) is 0.301. The van der Waals surface area contributed by atoms with Crippen LogP contribution in [0.4, 0.5) is 22.7 Å². The van der Waals surface area contributed by atoms with Gasteiger partial charge in [-0.05, 0) is 30.3 Å². The van der Waals surface area contributed by atoms with Crippen LogP contribution in [-0.2, 0) is 11.0 Å². The van der Waals surface area contributed by atoms with Gasteiger partial charge in [0.25, 0.3) is 0 Å². The molecule has 0 aliphatic heterocycles. The number of carbonyl (C=O) groups is 1. The predicted molar refractivity (Wildman–Crippen MR) is 110 cm³/mol. The number of thiazole rings is 1. The molecule has 0 fully saturated rings. The highest BCUT2D eigenvalue weighted by Gasteiger charge is 2.32. The van der Waals surface area contributed by atoms with Gasteiger partial charge in [-0.3, -0.25) is 9.20 Å². The number of halogens is 5. The van der Waals surface area contributed by atoms with E-state index in [1.54, 1.807) is 17.5 Å². The van der Waals surface area contributed by atoms with Crippen molar-refractivity contribution < 1.29 is 22.4 Å². The van der Waals surface area contributed by atoms with E-state index in [0.29, 0.717) is 16.4 Å². The Morgan fingerprint density at radius 2 is 1.97 bits per heavy atom. The number of anilines is 1. The molecule has 0 radical (unpaired) electrons. The maximum atomic E-state index is 13.0. The van der Waals surface area contributed by atoms with Crippen LogP contribution in [0.1, 0.15) is 5.56 Å². The standard InChI is InChI=1S/C18H10ClF4N5OS2/c19-12-5-10(18(21,22)23)6-28-15(12)26-27-17(28)31-8-14(29)25-16-24-13(7-30-16)9-1-3-11(20)4-2-9/h1-7H,8H2,(H,24,25,29). The molecule has 0 unspecified atom stereocenters. The van der Waals surface area contributed by atoms with E-state index in [9.17, 15) is 22.4 Å². The monoisotopic (exact) mass is 487 g/mol. The van der Waals surface area contributed by atoms with Gasteiger partial charge >= 0.3 is 6.18 Å². The number of hydrogen-bond donors (Lipinski definition) is 1. The summed E-state index contributed by atoms with van der Waals surface area (Å²) < 4.78 is 53.2. The molecule has 31 heavy (non-hydrogen) atoms. The summed E-state index contributed by atoms with van der Waals surface area (Å²) in [5, 5.41) is 12.1. The SMILES string of the molecule is O=C(CSc1nnc2c(Cl)cc(C(F)(F)F)cn12)Nc1nc(-c2ccc(F)cc2)cs1. The Bertz CT molecular complexity index is 1260. The van der Waals surface area contributed by atoms with E-state index in [1.807, 2.05) is 0 Å². The fourth-order valence-corrected chi connectivity index (χ4v) is 4.25. The van der Waals surface area contributed by atoms with Crippen molar-refractivity contribution in [3.05, 3.63) is 58.3 Å². The van der Waals surface area contributed by atoms with Crippen LogP contribution in [-0.4, -0.2) is 31.2 Å². The van der Waals surface area contributed by atoms with Crippen LogP contribution in [0.5, 0.6) is 0 Å². The number of nitrogens with zero attached hydrogens (tertiary/aromatic N) is 4. The topological polar surface area (TPSA) is 72.2 Å². The third-order valence-corrected chi connectivity index (χ3v) is 5.96. The maximum absolute atomic E-state index is 13.0. The van der Waals surface area contributed by atoms with Crippen molar-refractivity contribution in [2.24, 2.45) is 0 Å². The van der Waals surface area contributed by atoms with E-state index in [1.165, 1.54) is 23.5 Å². The number of rotatable bonds is 5. The van der Waals surface area contributed by atoms with E-state index in [2.05, 4.69) is 20.5 Å². The summed E-state index contributed by atoms with van der Waals surface area (Å²) in [6, 6.07) is 6.53. The van der Waals surface area contributed by atoms with Gasteiger partial charge in [0, 0.05) is 17.1 Å². The molecule has 160 valence electrons. The van der Waals surface area contributed by atoms with Crippen molar-refractivity contribution >= 4 is 51.4 Å². The van der Waals surface area contributed by atoms with Crippen molar-refractivity contribution in [2.45, 2.75) is 11.3 Å². The summed E-state index contributed by atoms with van der Waals surface area (Å²) in [6.45, 7) is 0. The van der Waals surface area contributed by atoms with Crippen molar-refractivity contribution in [3.8, 4) is 11.3 Å². The summed E-state index contributed by atoms with van der Waals surface area (Å²) in [6.07, 6.45) is -3.76. The number of aromatic nitrogens is 4. The Morgan fingerprint density at radius 1 is 1.23 bits per heavy atom. The lowest BCUT2D eigenvalue weighted by molar-refractivity contribution is -0.137. The Hall–Kier alpha value is -2.70. The van der Waals surface area contributed by atoms with Crippen molar-refractivity contribution in [1.82, 2.24) is 19.6 Å². The minimum atomic E-state index is -4.59. The molecule has 0 aliphatic carbocycles.